The van der Waals surface area contributed by atoms with Crippen LogP contribution in [0.25, 0.3) is 0 Å². The number of carbonyl (C=O) groups excluding carboxylic acids is 1. The summed E-state index contributed by atoms with van der Waals surface area (Å²) in [7, 11) is 3.07. The largest absolute Gasteiger partial charge is 0.493 e. The third-order valence-electron chi connectivity index (χ3n) is 2.51. The molecule has 7 heteroatoms. The van der Waals surface area contributed by atoms with Crippen LogP contribution in [-0.4, -0.2) is 30.4 Å². The van der Waals surface area contributed by atoms with Gasteiger partial charge in [0.15, 0.2) is 17.2 Å². The van der Waals surface area contributed by atoms with E-state index < -0.39 is 5.91 Å². The molecular formula is C12H13N3O4. The molecule has 0 unspecified atom stereocenters. The number of methoxy groups -OCH3 is 2. The average molecular weight is 263 g/mol. The van der Waals surface area contributed by atoms with E-state index in [2.05, 4.69) is 20.3 Å². The first-order chi connectivity index (χ1) is 9.15. The van der Waals surface area contributed by atoms with Gasteiger partial charge in [-0.1, -0.05) is 5.16 Å². The second kappa shape index (κ2) is 5.38. The molecule has 0 saturated heterocycles. The molecule has 7 nitrogen and oxygen atoms in total. The van der Waals surface area contributed by atoms with E-state index in [1.165, 1.54) is 7.11 Å². The SMILES string of the molecule is COc1ccc(NC(=O)c2nonc2C)cc1OC. The van der Waals surface area contributed by atoms with Gasteiger partial charge < -0.3 is 14.8 Å². The Morgan fingerprint density at radius 1 is 1.21 bits per heavy atom. The molecule has 100 valence electrons. The minimum atomic E-state index is -0.397. The van der Waals surface area contributed by atoms with E-state index in [0.717, 1.165) is 0 Å². The van der Waals surface area contributed by atoms with Gasteiger partial charge in [0.1, 0.15) is 5.69 Å². The lowest BCUT2D eigenvalue weighted by Gasteiger charge is -2.09. The van der Waals surface area contributed by atoms with Gasteiger partial charge in [-0.15, -0.1) is 0 Å². The fourth-order valence-corrected chi connectivity index (χ4v) is 1.54. The Balaban J connectivity index is 2.20. The van der Waals surface area contributed by atoms with Crippen LogP contribution in [0.5, 0.6) is 11.5 Å². The van der Waals surface area contributed by atoms with Gasteiger partial charge in [-0.3, -0.25) is 4.79 Å². The van der Waals surface area contributed by atoms with Crippen LogP contribution >= 0.6 is 0 Å². The molecular weight excluding hydrogens is 250 g/mol. The quantitative estimate of drug-likeness (QED) is 0.902. The summed E-state index contributed by atoms with van der Waals surface area (Å²) in [5, 5.41) is 9.76. The number of ether oxygens (including phenoxy) is 2. The van der Waals surface area contributed by atoms with Crippen LogP contribution in [0.4, 0.5) is 5.69 Å². The molecule has 1 N–H and O–H groups in total. The number of hydrogen-bond donors (Lipinski definition) is 1. The first-order valence-electron chi connectivity index (χ1n) is 5.48. The molecule has 2 rings (SSSR count). The molecule has 0 aliphatic rings. The van der Waals surface area contributed by atoms with Gasteiger partial charge in [0.25, 0.3) is 5.91 Å². The molecule has 1 aromatic heterocycles. The van der Waals surface area contributed by atoms with Gasteiger partial charge in [-0.05, 0) is 24.2 Å². The van der Waals surface area contributed by atoms with Crippen molar-refractivity contribution in [2.75, 3.05) is 19.5 Å². The lowest BCUT2D eigenvalue weighted by atomic mass is 10.2. The van der Waals surface area contributed by atoms with Crippen molar-refractivity contribution in [1.29, 1.82) is 0 Å². The minimum Gasteiger partial charge on any atom is -0.493 e. The average Bonchev–Trinajstić information content (AvgIpc) is 2.85. The normalized spacial score (nSPS) is 10.1. The lowest BCUT2D eigenvalue weighted by Crippen LogP contribution is -2.13. The van der Waals surface area contributed by atoms with E-state index >= 15 is 0 Å². The summed E-state index contributed by atoms with van der Waals surface area (Å²) in [5.74, 6) is 0.709. The number of amides is 1. The highest BCUT2D eigenvalue weighted by Crippen LogP contribution is 2.29. The van der Waals surface area contributed by atoms with E-state index in [1.54, 1.807) is 32.2 Å². The summed E-state index contributed by atoms with van der Waals surface area (Å²) in [6.45, 7) is 1.64. The second-order valence-corrected chi connectivity index (χ2v) is 3.72. The summed E-state index contributed by atoms with van der Waals surface area (Å²) in [5.41, 5.74) is 1.14. The van der Waals surface area contributed by atoms with Gasteiger partial charge in [0.05, 0.1) is 14.2 Å². The van der Waals surface area contributed by atoms with Crippen molar-refractivity contribution in [3.63, 3.8) is 0 Å². The van der Waals surface area contributed by atoms with Gasteiger partial charge in [-0.2, -0.15) is 0 Å². The number of aromatic nitrogens is 2. The monoisotopic (exact) mass is 263 g/mol. The minimum absolute atomic E-state index is 0.148. The molecule has 0 spiro atoms. The highest BCUT2D eigenvalue weighted by atomic mass is 16.6. The molecule has 19 heavy (non-hydrogen) atoms. The molecule has 0 aliphatic carbocycles. The molecule has 0 aliphatic heterocycles. The number of aryl methyl sites for hydroxylation is 1. The topological polar surface area (TPSA) is 86.5 Å². The first kappa shape index (κ1) is 12.9. The summed E-state index contributed by atoms with van der Waals surface area (Å²) in [6.07, 6.45) is 0. The fraction of sp³-hybridized carbons (Fsp3) is 0.250. The lowest BCUT2D eigenvalue weighted by molar-refractivity contribution is 0.101. The van der Waals surface area contributed by atoms with E-state index in [9.17, 15) is 4.79 Å². The second-order valence-electron chi connectivity index (χ2n) is 3.72. The Labute approximate surface area is 109 Å². The summed E-state index contributed by atoms with van der Waals surface area (Å²) in [6, 6.07) is 5.05. The number of nitrogens with one attached hydrogen (secondary N) is 1. The first-order valence-corrected chi connectivity index (χ1v) is 5.48. The zero-order valence-corrected chi connectivity index (χ0v) is 10.8. The molecule has 0 saturated carbocycles. The molecule has 1 aromatic carbocycles. The Hall–Kier alpha value is -2.57. The third-order valence-corrected chi connectivity index (χ3v) is 2.51. The van der Waals surface area contributed by atoms with Crippen LogP contribution in [0, 0.1) is 6.92 Å². The maximum absolute atomic E-state index is 11.9. The molecule has 0 fully saturated rings. The predicted molar refractivity (Wildman–Crippen MR) is 66.5 cm³/mol. The zero-order chi connectivity index (χ0) is 13.8. The number of nitrogens with zero attached hydrogens (tertiary/aromatic N) is 2. The number of benzene rings is 1. The maximum atomic E-state index is 11.9. The zero-order valence-electron chi connectivity index (χ0n) is 10.8. The molecule has 0 atom stereocenters. The van der Waals surface area contributed by atoms with E-state index in [-0.39, 0.29) is 5.69 Å². The Morgan fingerprint density at radius 3 is 2.53 bits per heavy atom. The van der Waals surface area contributed by atoms with Gasteiger partial charge in [0, 0.05) is 11.8 Å². The predicted octanol–water partition coefficient (Wildman–Crippen LogP) is 1.65. The van der Waals surface area contributed by atoms with E-state index in [0.29, 0.717) is 22.9 Å². The fourth-order valence-electron chi connectivity index (χ4n) is 1.54. The summed E-state index contributed by atoms with van der Waals surface area (Å²) < 4.78 is 14.7. The van der Waals surface area contributed by atoms with Crippen molar-refractivity contribution in [3.8, 4) is 11.5 Å². The molecule has 1 amide bonds. The number of rotatable bonds is 4. The number of anilines is 1. The Morgan fingerprint density at radius 2 is 1.95 bits per heavy atom. The van der Waals surface area contributed by atoms with Crippen LogP contribution in [0.2, 0.25) is 0 Å². The highest BCUT2D eigenvalue weighted by molar-refractivity contribution is 6.03. The number of hydrogen-bond acceptors (Lipinski definition) is 6. The Bertz CT molecular complexity index is 594. The molecule has 1 heterocycles. The number of carbonyl (C=O) groups is 1. The third kappa shape index (κ3) is 2.65. The van der Waals surface area contributed by atoms with Crippen LogP contribution < -0.4 is 14.8 Å². The van der Waals surface area contributed by atoms with Crippen molar-refractivity contribution < 1.29 is 18.9 Å². The molecule has 2 aromatic rings. The van der Waals surface area contributed by atoms with Crippen LogP contribution in [0.15, 0.2) is 22.8 Å². The van der Waals surface area contributed by atoms with Gasteiger partial charge in [-0.25, -0.2) is 4.63 Å². The maximum Gasteiger partial charge on any atom is 0.279 e. The standard InChI is InChI=1S/C12H13N3O4/c1-7-11(15-19-14-7)12(16)13-8-4-5-9(17-2)10(6-8)18-3/h4-6H,1-3H3,(H,13,16). The van der Waals surface area contributed by atoms with Crippen LogP contribution in [0.1, 0.15) is 16.2 Å². The van der Waals surface area contributed by atoms with Crippen LogP contribution in [0.3, 0.4) is 0 Å². The van der Waals surface area contributed by atoms with Gasteiger partial charge >= 0.3 is 0 Å². The van der Waals surface area contributed by atoms with Crippen LogP contribution in [-0.2, 0) is 0 Å². The van der Waals surface area contributed by atoms with E-state index in [1.807, 2.05) is 0 Å². The smallest absolute Gasteiger partial charge is 0.279 e. The van der Waals surface area contributed by atoms with Crippen molar-refractivity contribution in [1.82, 2.24) is 10.3 Å². The molecule has 0 radical (unpaired) electrons. The summed E-state index contributed by atoms with van der Waals surface area (Å²) >= 11 is 0. The van der Waals surface area contributed by atoms with Crippen molar-refractivity contribution in [2.24, 2.45) is 0 Å². The molecule has 0 bridgehead atoms. The van der Waals surface area contributed by atoms with Gasteiger partial charge in [0.2, 0.25) is 0 Å². The highest BCUT2D eigenvalue weighted by Gasteiger charge is 2.15. The van der Waals surface area contributed by atoms with Crippen molar-refractivity contribution in [2.45, 2.75) is 6.92 Å². The van der Waals surface area contributed by atoms with Crippen molar-refractivity contribution >= 4 is 11.6 Å². The van der Waals surface area contributed by atoms with Crippen molar-refractivity contribution in [3.05, 3.63) is 29.6 Å². The van der Waals surface area contributed by atoms with E-state index in [4.69, 9.17) is 9.47 Å². The Kier molecular flexibility index (Phi) is 3.65. The summed E-state index contributed by atoms with van der Waals surface area (Å²) in [4.78, 5) is 11.9.